The van der Waals surface area contributed by atoms with Gasteiger partial charge in [-0.05, 0) is 129 Å². The minimum atomic E-state index is -4.58. The standard InChI is InChI=1S/C51H59ClN10O6S/c1-51(2)19-15-35(43(30-51)33-3-5-36(52)6-4-33)32-59-21-23-60(24-22-59)40-11-13-42(46(28-40)61-47-27-34-16-20-53-49(34)57-45(47)31-54-61)50(63)58-69(66,67)41-12-14-44(48(29-41)62(64)65)56-38-9-7-37(8-10-38)55-39-17-25-68-26-18-39/h3-6,11-14,16,20,27-29,31,37-39,54-56H,7-10,15,17-19,21-26,30,32H2,1-2H3,(H,58,63). The zero-order valence-electron chi connectivity index (χ0n) is 39.0. The van der Waals surface area contributed by atoms with Crippen molar-refractivity contribution in [2.24, 2.45) is 5.41 Å². The number of pyridine rings is 1. The van der Waals surface area contributed by atoms with Crippen LogP contribution in [0.15, 0.2) is 95.7 Å². The number of nitro benzene ring substituents is 1. The topological polar surface area (TPSA) is 193 Å². The zero-order valence-corrected chi connectivity index (χ0v) is 40.6. The molecule has 2 aliphatic heterocycles. The summed E-state index contributed by atoms with van der Waals surface area (Å²) in [6, 6.07) is 21.9. The van der Waals surface area contributed by atoms with Crippen LogP contribution in [0.2, 0.25) is 5.02 Å². The summed E-state index contributed by atoms with van der Waals surface area (Å²) in [6.45, 7) is 10.3. The largest absolute Gasteiger partial charge is 0.381 e. The third kappa shape index (κ3) is 10.4. The molecular formula is C51H59ClN10O6S. The van der Waals surface area contributed by atoms with Gasteiger partial charge in [0.1, 0.15) is 11.2 Å². The molecule has 0 spiro atoms. The van der Waals surface area contributed by atoms with E-state index in [-0.39, 0.29) is 28.4 Å². The van der Waals surface area contributed by atoms with E-state index >= 15 is 0 Å². The number of H-pyrrole nitrogens is 1. The summed E-state index contributed by atoms with van der Waals surface area (Å²) in [5, 5.41) is 24.3. The van der Waals surface area contributed by atoms with Crippen molar-refractivity contribution in [2.75, 3.05) is 56.2 Å². The number of piperazine rings is 1. The lowest BCUT2D eigenvalue weighted by molar-refractivity contribution is -0.384. The predicted molar refractivity (Wildman–Crippen MR) is 270 cm³/mol. The molecule has 1 amide bonds. The van der Waals surface area contributed by atoms with Crippen molar-refractivity contribution in [3.05, 3.63) is 117 Å². The Kier molecular flexibility index (Phi) is 13.2. The van der Waals surface area contributed by atoms with Gasteiger partial charge in [-0.3, -0.25) is 29.6 Å². The summed E-state index contributed by atoms with van der Waals surface area (Å²) in [5.41, 5.74) is 7.41. The smallest absolute Gasteiger partial charge is 0.293 e. The number of amides is 1. The first-order valence-corrected chi connectivity index (χ1v) is 26.0. The first kappa shape index (κ1) is 46.9. The second-order valence-electron chi connectivity index (χ2n) is 19.9. The number of allylic oxidation sites excluding steroid dienone is 1. The molecule has 0 atom stereocenters. The van der Waals surface area contributed by atoms with Crippen molar-refractivity contribution in [3.8, 4) is 5.69 Å². The van der Waals surface area contributed by atoms with Crippen molar-refractivity contribution in [1.82, 2.24) is 34.7 Å². The van der Waals surface area contributed by atoms with Crippen LogP contribution < -0.4 is 20.3 Å². The Balaban J connectivity index is 0.873. The number of hydrogen-bond donors (Lipinski definition) is 4. The molecule has 18 heteroatoms. The highest BCUT2D eigenvalue weighted by Gasteiger charge is 2.32. The van der Waals surface area contributed by atoms with E-state index in [1.807, 2.05) is 36.4 Å². The number of nitrogens with zero attached hydrogens (tertiary/aromatic N) is 6. The number of fused-ring (bicyclic) bond motifs is 2. The number of aromatic amines is 1. The number of carbonyl (C=O) groups excluding carboxylic acids is 1. The van der Waals surface area contributed by atoms with Gasteiger partial charge in [0.05, 0.1) is 26.6 Å². The second kappa shape index (κ2) is 19.5. The molecule has 3 aromatic heterocycles. The fourth-order valence-corrected chi connectivity index (χ4v) is 11.7. The first-order chi connectivity index (χ1) is 33.2. The van der Waals surface area contributed by atoms with Crippen LogP contribution in [0, 0.1) is 15.5 Å². The molecule has 4 N–H and O–H groups in total. The molecule has 362 valence electrons. The molecule has 0 unspecified atom stereocenters. The number of aromatic nitrogens is 4. The SMILES string of the molecule is CC1(C)CCC(CN2CCN(c3ccc(C(=O)NS(=O)(=O)c4ccc(NC5CCC(NC6CCOCC6)CC5)c([N+](=O)[O-])c4)c(-n4[nH]cc5nc6nccc6cc54)c3)CC2)=C(c2ccc(Cl)cc2)C1. The van der Waals surface area contributed by atoms with E-state index in [9.17, 15) is 23.3 Å². The maximum Gasteiger partial charge on any atom is 0.293 e. The highest BCUT2D eigenvalue weighted by atomic mass is 35.5. The Labute approximate surface area is 407 Å². The van der Waals surface area contributed by atoms with Crippen molar-refractivity contribution < 1.29 is 22.9 Å². The van der Waals surface area contributed by atoms with Gasteiger partial charge in [0, 0.05) is 98.6 Å². The van der Waals surface area contributed by atoms with Crippen LogP contribution in [0.1, 0.15) is 87.6 Å². The molecular weight excluding hydrogens is 916 g/mol. The molecule has 69 heavy (non-hydrogen) atoms. The number of hydrogen-bond acceptors (Lipinski definition) is 12. The van der Waals surface area contributed by atoms with Crippen molar-refractivity contribution in [3.63, 3.8) is 0 Å². The van der Waals surface area contributed by atoms with Gasteiger partial charge in [-0.15, -0.1) is 0 Å². The van der Waals surface area contributed by atoms with Crippen LogP contribution in [-0.2, 0) is 14.8 Å². The number of rotatable bonds is 13. The third-order valence-corrected chi connectivity index (χ3v) is 16.1. The number of anilines is 2. The quantitative estimate of drug-likeness (QED) is 0.0636. The van der Waals surface area contributed by atoms with E-state index in [0.717, 1.165) is 126 Å². The molecule has 3 aromatic carbocycles. The Bertz CT molecular complexity index is 3020. The summed E-state index contributed by atoms with van der Waals surface area (Å²) >= 11 is 6.27. The number of ether oxygens (including phenoxy) is 1. The number of halogens is 1. The van der Waals surface area contributed by atoms with Crippen molar-refractivity contribution in [2.45, 2.75) is 94.7 Å². The van der Waals surface area contributed by atoms with Crippen molar-refractivity contribution in [1.29, 1.82) is 0 Å². The van der Waals surface area contributed by atoms with Gasteiger partial charge in [0.2, 0.25) is 0 Å². The lowest BCUT2D eigenvalue weighted by Crippen LogP contribution is -2.47. The molecule has 2 saturated heterocycles. The Morgan fingerprint density at radius 2 is 1.67 bits per heavy atom. The maximum absolute atomic E-state index is 14.3. The summed E-state index contributed by atoms with van der Waals surface area (Å²) in [7, 11) is -4.58. The summed E-state index contributed by atoms with van der Waals surface area (Å²) in [4.78, 5) is 39.6. The Hall–Kier alpha value is -5.85. The average molecular weight is 976 g/mol. The number of benzene rings is 3. The maximum atomic E-state index is 14.3. The molecule has 5 heterocycles. The number of carbonyl (C=O) groups is 1. The third-order valence-electron chi connectivity index (χ3n) is 14.5. The summed E-state index contributed by atoms with van der Waals surface area (Å²) in [6.07, 6.45) is 12.1. The van der Waals surface area contributed by atoms with Crippen LogP contribution >= 0.6 is 11.6 Å². The fraction of sp³-hybridized carbons (Fsp3) is 0.431. The van der Waals surface area contributed by atoms with Gasteiger partial charge in [-0.2, -0.15) is 0 Å². The molecule has 4 aliphatic rings. The first-order valence-electron chi connectivity index (χ1n) is 24.1. The fourth-order valence-electron chi connectivity index (χ4n) is 10.6. The van der Waals surface area contributed by atoms with E-state index in [1.165, 1.54) is 28.8 Å². The molecule has 6 aromatic rings. The van der Waals surface area contributed by atoms with Crippen LogP contribution in [0.4, 0.5) is 17.1 Å². The van der Waals surface area contributed by atoms with Crippen LogP contribution in [0.5, 0.6) is 0 Å². The van der Waals surface area contributed by atoms with E-state index in [0.29, 0.717) is 34.5 Å². The monoisotopic (exact) mass is 974 g/mol. The van der Waals surface area contributed by atoms with Gasteiger partial charge in [0.25, 0.3) is 21.6 Å². The Morgan fingerprint density at radius 1 is 0.928 bits per heavy atom. The minimum Gasteiger partial charge on any atom is -0.381 e. The van der Waals surface area contributed by atoms with E-state index in [2.05, 4.69) is 61.2 Å². The normalized spacial score (nSPS) is 20.7. The Morgan fingerprint density at radius 3 is 2.42 bits per heavy atom. The summed E-state index contributed by atoms with van der Waals surface area (Å²) < 4.78 is 37.5. The van der Waals surface area contributed by atoms with Crippen molar-refractivity contribution >= 4 is 72.2 Å². The highest BCUT2D eigenvalue weighted by molar-refractivity contribution is 7.90. The zero-order chi connectivity index (χ0) is 47.9. The van der Waals surface area contributed by atoms with Crippen LogP contribution in [0.3, 0.4) is 0 Å². The van der Waals surface area contributed by atoms with Gasteiger partial charge >= 0.3 is 0 Å². The number of sulfonamides is 1. The lowest BCUT2D eigenvalue weighted by Gasteiger charge is -2.39. The van der Waals surface area contributed by atoms with Crippen LogP contribution in [-0.4, -0.2) is 108 Å². The molecule has 0 bridgehead atoms. The lowest BCUT2D eigenvalue weighted by atomic mass is 9.72. The van der Waals surface area contributed by atoms with Gasteiger partial charge in [-0.25, -0.2) is 23.1 Å². The van der Waals surface area contributed by atoms with Gasteiger partial charge in [0.15, 0.2) is 5.65 Å². The van der Waals surface area contributed by atoms with Crippen LogP contribution in [0.25, 0.3) is 33.3 Å². The van der Waals surface area contributed by atoms with E-state index in [1.54, 1.807) is 23.1 Å². The van der Waals surface area contributed by atoms with Gasteiger partial charge in [-0.1, -0.05) is 43.2 Å². The van der Waals surface area contributed by atoms with E-state index < -0.39 is 25.7 Å². The highest BCUT2D eigenvalue weighted by Crippen LogP contribution is 2.43. The predicted octanol–water partition coefficient (Wildman–Crippen LogP) is 8.86. The molecule has 10 rings (SSSR count). The molecule has 16 nitrogen and oxygen atoms in total. The molecule has 2 aliphatic carbocycles. The number of nitrogens with one attached hydrogen (secondary N) is 4. The molecule has 1 saturated carbocycles. The van der Waals surface area contributed by atoms with E-state index in [4.69, 9.17) is 21.3 Å². The average Bonchev–Trinajstić information content (AvgIpc) is 3.99. The molecule has 3 fully saturated rings. The van der Waals surface area contributed by atoms with Gasteiger partial charge < -0.3 is 20.3 Å². The minimum absolute atomic E-state index is 0.00638. The second-order valence-corrected chi connectivity index (χ2v) is 22.0. The molecule has 0 radical (unpaired) electrons. The summed E-state index contributed by atoms with van der Waals surface area (Å²) in [5.74, 6) is -0.892. The number of nitro groups is 1.